The molecule has 0 radical (unpaired) electrons. The first-order valence-electron chi connectivity index (χ1n) is 9.66. The molecule has 3 aromatic carbocycles. The third-order valence-electron chi connectivity index (χ3n) is 4.78. The Bertz CT molecular complexity index is 1010. The molecule has 3 amide bonds. The number of rotatable bonds is 6. The molecule has 1 atom stereocenters. The van der Waals surface area contributed by atoms with Crippen LogP contribution in [0.4, 0.5) is 16.2 Å². The molecule has 0 fully saturated rings. The van der Waals surface area contributed by atoms with E-state index < -0.39 is 0 Å². The lowest BCUT2D eigenvalue weighted by Crippen LogP contribution is -2.31. The highest BCUT2D eigenvalue weighted by molar-refractivity contribution is 9.10. The average Bonchev–Trinajstić information content (AvgIpc) is 2.75. The molecule has 30 heavy (non-hydrogen) atoms. The summed E-state index contributed by atoms with van der Waals surface area (Å²) in [5.74, 6) is 0.00231. The molecule has 6 heteroatoms. The van der Waals surface area contributed by atoms with Crippen LogP contribution in [0.3, 0.4) is 0 Å². The van der Waals surface area contributed by atoms with Crippen LogP contribution >= 0.6 is 15.9 Å². The average molecular weight is 466 g/mol. The topological polar surface area (TPSA) is 61.4 Å². The number of nitrogens with one attached hydrogen (secondary N) is 2. The maximum Gasteiger partial charge on any atom is 0.319 e. The van der Waals surface area contributed by atoms with Gasteiger partial charge in [0.05, 0.1) is 12.5 Å². The number of amides is 3. The maximum atomic E-state index is 12.5. The summed E-state index contributed by atoms with van der Waals surface area (Å²) >= 11 is 3.44. The van der Waals surface area contributed by atoms with Crippen LogP contribution in [0.1, 0.15) is 24.1 Å². The Morgan fingerprint density at radius 3 is 2.33 bits per heavy atom. The molecule has 154 valence electrons. The van der Waals surface area contributed by atoms with Crippen LogP contribution in [0.2, 0.25) is 0 Å². The van der Waals surface area contributed by atoms with E-state index in [0.29, 0.717) is 5.69 Å². The SMILES string of the molecule is CC(NC(=O)Nc1ccc(CC(=O)N(C)c2ccccc2)cc1)c1cccc(Br)c1. The van der Waals surface area contributed by atoms with Crippen LogP contribution in [0, 0.1) is 0 Å². The molecule has 3 rings (SSSR count). The molecule has 2 N–H and O–H groups in total. The molecule has 0 aromatic heterocycles. The lowest BCUT2D eigenvalue weighted by atomic mass is 10.1. The Labute approximate surface area is 185 Å². The first kappa shape index (κ1) is 21.6. The van der Waals surface area contributed by atoms with Crippen LogP contribution in [-0.2, 0) is 11.2 Å². The number of nitrogens with zero attached hydrogens (tertiary/aromatic N) is 1. The van der Waals surface area contributed by atoms with Gasteiger partial charge in [-0.25, -0.2) is 4.79 Å². The van der Waals surface area contributed by atoms with Gasteiger partial charge < -0.3 is 15.5 Å². The molecule has 0 aliphatic carbocycles. The van der Waals surface area contributed by atoms with Crippen molar-refractivity contribution in [2.24, 2.45) is 0 Å². The maximum absolute atomic E-state index is 12.5. The van der Waals surface area contributed by atoms with Crippen LogP contribution in [0.15, 0.2) is 83.3 Å². The normalized spacial score (nSPS) is 11.4. The number of carbonyl (C=O) groups is 2. The quantitative estimate of drug-likeness (QED) is 0.501. The second kappa shape index (κ2) is 10.1. The standard InChI is InChI=1S/C24H24BrN3O2/c1-17(19-7-6-8-20(25)16-19)26-24(30)27-21-13-11-18(12-14-21)15-23(29)28(2)22-9-4-3-5-10-22/h3-14,16-17H,15H2,1-2H3,(H2,26,27,30). The van der Waals surface area contributed by atoms with Crippen molar-refractivity contribution in [1.29, 1.82) is 0 Å². The van der Waals surface area contributed by atoms with E-state index in [-0.39, 0.29) is 24.4 Å². The fraction of sp³-hybridized carbons (Fsp3) is 0.167. The van der Waals surface area contributed by atoms with Gasteiger partial charge in [-0.2, -0.15) is 0 Å². The zero-order chi connectivity index (χ0) is 21.5. The van der Waals surface area contributed by atoms with E-state index in [9.17, 15) is 9.59 Å². The number of hydrogen-bond acceptors (Lipinski definition) is 2. The van der Waals surface area contributed by atoms with Gasteiger partial charge in [-0.3, -0.25) is 4.79 Å². The third kappa shape index (κ3) is 5.94. The molecule has 0 aliphatic heterocycles. The monoisotopic (exact) mass is 465 g/mol. The highest BCUT2D eigenvalue weighted by Crippen LogP contribution is 2.18. The van der Waals surface area contributed by atoms with E-state index in [1.54, 1.807) is 24.1 Å². The van der Waals surface area contributed by atoms with Gasteiger partial charge >= 0.3 is 6.03 Å². The van der Waals surface area contributed by atoms with Crippen LogP contribution < -0.4 is 15.5 Å². The molecular weight excluding hydrogens is 442 g/mol. The summed E-state index contributed by atoms with van der Waals surface area (Å²) in [7, 11) is 1.77. The number of halogens is 1. The Kier molecular flexibility index (Phi) is 7.25. The van der Waals surface area contributed by atoms with E-state index in [0.717, 1.165) is 21.3 Å². The zero-order valence-corrected chi connectivity index (χ0v) is 18.5. The van der Waals surface area contributed by atoms with E-state index in [4.69, 9.17) is 0 Å². The number of para-hydroxylation sites is 1. The molecule has 1 unspecified atom stereocenters. The van der Waals surface area contributed by atoms with E-state index in [1.165, 1.54) is 0 Å². The molecule has 0 saturated heterocycles. The Hall–Kier alpha value is -3.12. The molecular formula is C24H24BrN3O2. The van der Waals surface area contributed by atoms with Crippen molar-refractivity contribution in [2.75, 3.05) is 17.3 Å². The largest absolute Gasteiger partial charge is 0.331 e. The fourth-order valence-electron chi connectivity index (χ4n) is 3.02. The lowest BCUT2D eigenvalue weighted by molar-refractivity contribution is -0.117. The van der Waals surface area contributed by atoms with Gasteiger partial charge in [-0.15, -0.1) is 0 Å². The summed E-state index contributed by atoms with van der Waals surface area (Å²) in [5, 5.41) is 5.75. The first-order valence-corrected chi connectivity index (χ1v) is 10.4. The molecule has 0 bridgehead atoms. The van der Waals surface area contributed by atoms with Crippen LogP contribution in [0.25, 0.3) is 0 Å². The third-order valence-corrected chi connectivity index (χ3v) is 5.27. The Morgan fingerprint density at radius 1 is 0.967 bits per heavy atom. The minimum Gasteiger partial charge on any atom is -0.331 e. The summed E-state index contributed by atoms with van der Waals surface area (Å²) in [4.78, 5) is 26.4. The summed E-state index contributed by atoms with van der Waals surface area (Å²) in [6, 6.07) is 24.2. The van der Waals surface area contributed by atoms with Gasteiger partial charge in [0.15, 0.2) is 0 Å². The minimum absolute atomic E-state index is 0.00231. The first-order chi connectivity index (χ1) is 14.4. The van der Waals surface area contributed by atoms with Crippen molar-refractivity contribution in [2.45, 2.75) is 19.4 Å². The van der Waals surface area contributed by atoms with Gasteiger partial charge in [0.25, 0.3) is 0 Å². The lowest BCUT2D eigenvalue weighted by Gasteiger charge is -2.17. The predicted molar refractivity (Wildman–Crippen MR) is 125 cm³/mol. The van der Waals surface area contributed by atoms with Gasteiger partial charge in [-0.1, -0.05) is 58.4 Å². The van der Waals surface area contributed by atoms with E-state index in [1.807, 2.05) is 73.7 Å². The van der Waals surface area contributed by atoms with Crippen LogP contribution in [0.5, 0.6) is 0 Å². The van der Waals surface area contributed by atoms with Crippen molar-refractivity contribution in [3.63, 3.8) is 0 Å². The smallest absolute Gasteiger partial charge is 0.319 e. The number of urea groups is 1. The summed E-state index contributed by atoms with van der Waals surface area (Å²) in [6.45, 7) is 1.93. The summed E-state index contributed by atoms with van der Waals surface area (Å²) in [5.41, 5.74) is 3.42. The second-order valence-electron chi connectivity index (χ2n) is 7.04. The number of carbonyl (C=O) groups excluding carboxylic acids is 2. The van der Waals surface area contributed by atoms with Crippen molar-refractivity contribution in [1.82, 2.24) is 5.32 Å². The molecule has 0 aliphatic rings. The summed E-state index contributed by atoms with van der Waals surface area (Å²) in [6.07, 6.45) is 0.289. The number of likely N-dealkylation sites (N-methyl/N-ethyl adjacent to an activating group) is 1. The molecule has 3 aromatic rings. The number of anilines is 2. The van der Waals surface area contributed by atoms with Crippen molar-refractivity contribution in [3.8, 4) is 0 Å². The second-order valence-corrected chi connectivity index (χ2v) is 7.95. The number of benzene rings is 3. The molecule has 0 spiro atoms. The van der Waals surface area contributed by atoms with Crippen LogP contribution in [-0.4, -0.2) is 19.0 Å². The minimum atomic E-state index is -0.282. The number of hydrogen-bond donors (Lipinski definition) is 2. The van der Waals surface area contributed by atoms with Gasteiger partial charge in [0.2, 0.25) is 5.91 Å². The van der Waals surface area contributed by atoms with Crippen molar-refractivity contribution in [3.05, 3.63) is 94.5 Å². The molecule has 5 nitrogen and oxygen atoms in total. The fourth-order valence-corrected chi connectivity index (χ4v) is 3.43. The Morgan fingerprint density at radius 2 is 1.67 bits per heavy atom. The van der Waals surface area contributed by atoms with E-state index >= 15 is 0 Å². The Balaban J connectivity index is 1.54. The molecule has 0 heterocycles. The van der Waals surface area contributed by atoms with Crippen molar-refractivity contribution >= 4 is 39.2 Å². The van der Waals surface area contributed by atoms with Gasteiger partial charge in [-0.05, 0) is 54.4 Å². The molecule has 0 saturated carbocycles. The van der Waals surface area contributed by atoms with Crippen molar-refractivity contribution < 1.29 is 9.59 Å². The predicted octanol–water partition coefficient (Wildman–Crippen LogP) is 5.54. The van der Waals surface area contributed by atoms with Gasteiger partial charge in [0, 0.05) is 22.9 Å². The summed E-state index contributed by atoms with van der Waals surface area (Å²) < 4.78 is 0.970. The zero-order valence-electron chi connectivity index (χ0n) is 16.9. The van der Waals surface area contributed by atoms with Gasteiger partial charge in [0.1, 0.15) is 0 Å². The highest BCUT2D eigenvalue weighted by Gasteiger charge is 2.12. The highest BCUT2D eigenvalue weighted by atomic mass is 79.9. The van der Waals surface area contributed by atoms with E-state index in [2.05, 4.69) is 26.6 Å².